The Labute approximate surface area is 94.1 Å². The van der Waals surface area contributed by atoms with Gasteiger partial charge in [0.2, 0.25) is 0 Å². The quantitative estimate of drug-likeness (QED) is 0.789. The van der Waals surface area contributed by atoms with Crippen LogP contribution < -0.4 is 0 Å². The number of likely N-dealkylation sites (tertiary alicyclic amines) is 1. The van der Waals surface area contributed by atoms with Gasteiger partial charge in [0.05, 0.1) is 6.04 Å². The Morgan fingerprint density at radius 3 is 2.94 bits per heavy atom. The van der Waals surface area contributed by atoms with Crippen molar-refractivity contribution < 1.29 is 4.79 Å². The van der Waals surface area contributed by atoms with Gasteiger partial charge in [0, 0.05) is 35.6 Å². The molecule has 0 saturated carbocycles. The summed E-state index contributed by atoms with van der Waals surface area (Å²) in [7, 11) is 2.01. The number of aromatic amines is 1. The van der Waals surface area contributed by atoms with E-state index < -0.39 is 0 Å². The third kappa shape index (κ3) is 1.28. The van der Waals surface area contributed by atoms with Crippen LogP contribution in [0, 0.1) is 0 Å². The van der Waals surface area contributed by atoms with Crippen molar-refractivity contribution in [2.45, 2.75) is 12.5 Å². The lowest BCUT2D eigenvalue weighted by Crippen LogP contribution is -2.20. The molecule has 16 heavy (non-hydrogen) atoms. The van der Waals surface area contributed by atoms with E-state index in [1.807, 2.05) is 31.4 Å². The average molecular weight is 214 g/mol. The second-order valence-corrected chi connectivity index (χ2v) is 4.39. The number of rotatable bonds is 1. The molecule has 1 atom stereocenters. The molecular weight excluding hydrogens is 200 g/mol. The highest BCUT2D eigenvalue weighted by Gasteiger charge is 2.32. The number of hydrogen-bond acceptors (Lipinski definition) is 2. The van der Waals surface area contributed by atoms with Gasteiger partial charge in [-0.3, -0.25) is 9.69 Å². The number of benzene rings is 1. The van der Waals surface area contributed by atoms with Crippen molar-refractivity contribution in [1.29, 1.82) is 0 Å². The van der Waals surface area contributed by atoms with Gasteiger partial charge < -0.3 is 4.98 Å². The highest BCUT2D eigenvalue weighted by atomic mass is 16.1. The second-order valence-electron chi connectivity index (χ2n) is 4.39. The van der Waals surface area contributed by atoms with Crippen molar-refractivity contribution in [2.24, 2.45) is 0 Å². The summed E-state index contributed by atoms with van der Waals surface area (Å²) in [4.78, 5) is 17.2. The van der Waals surface area contributed by atoms with Crippen LogP contribution in [0.5, 0.6) is 0 Å². The normalized spacial score (nSPS) is 22.1. The van der Waals surface area contributed by atoms with Crippen LogP contribution in [0.2, 0.25) is 0 Å². The summed E-state index contributed by atoms with van der Waals surface area (Å²) in [5.41, 5.74) is 2.21. The largest absolute Gasteiger partial charge is 0.361 e. The molecule has 0 amide bonds. The number of aromatic nitrogens is 1. The predicted molar refractivity (Wildman–Crippen MR) is 63.3 cm³/mol. The van der Waals surface area contributed by atoms with Crippen LogP contribution in [0.1, 0.15) is 18.0 Å². The highest BCUT2D eigenvalue weighted by molar-refractivity contribution is 5.93. The maximum Gasteiger partial charge on any atom is 0.155 e. The summed E-state index contributed by atoms with van der Waals surface area (Å²) in [6, 6.07) is 8.07. The van der Waals surface area contributed by atoms with Crippen LogP contribution >= 0.6 is 0 Å². The minimum Gasteiger partial charge on any atom is -0.361 e. The van der Waals surface area contributed by atoms with Crippen LogP contribution in [-0.2, 0) is 4.79 Å². The molecule has 82 valence electrons. The minimum atomic E-state index is -0.0591. The number of H-pyrrole nitrogens is 1. The maximum atomic E-state index is 11.9. The number of carbonyl (C=O) groups is 1. The third-order valence-corrected chi connectivity index (χ3v) is 3.37. The fourth-order valence-corrected chi connectivity index (χ4v) is 2.53. The van der Waals surface area contributed by atoms with Crippen molar-refractivity contribution in [3.8, 4) is 0 Å². The molecule has 0 bridgehead atoms. The molecule has 3 heteroatoms. The van der Waals surface area contributed by atoms with E-state index >= 15 is 0 Å². The number of para-hydroxylation sites is 1. The van der Waals surface area contributed by atoms with Crippen molar-refractivity contribution in [3.63, 3.8) is 0 Å². The number of Topliss-reactive ketones (excluding diaryl/α,β-unsaturated/α-hetero) is 1. The third-order valence-electron chi connectivity index (χ3n) is 3.37. The van der Waals surface area contributed by atoms with Gasteiger partial charge in [-0.25, -0.2) is 0 Å². The lowest BCUT2D eigenvalue weighted by molar-refractivity contribution is -0.119. The lowest BCUT2D eigenvalue weighted by atomic mass is 10.0. The zero-order chi connectivity index (χ0) is 11.1. The summed E-state index contributed by atoms with van der Waals surface area (Å²) in [5.74, 6) is 0.326. The van der Waals surface area contributed by atoms with E-state index in [0.717, 1.165) is 23.0 Å². The van der Waals surface area contributed by atoms with Crippen LogP contribution in [0.25, 0.3) is 10.9 Å². The van der Waals surface area contributed by atoms with Gasteiger partial charge in [0.15, 0.2) is 5.78 Å². The van der Waals surface area contributed by atoms with Gasteiger partial charge in [0.1, 0.15) is 0 Å². The number of likely N-dealkylation sites (N-methyl/N-ethyl adjacent to an activating group) is 1. The molecule has 1 fully saturated rings. The van der Waals surface area contributed by atoms with E-state index in [9.17, 15) is 4.79 Å². The molecule has 0 radical (unpaired) electrons. The number of nitrogens with zero attached hydrogens (tertiary/aromatic N) is 1. The molecule has 1 aliphatic rings. The number of hydrogen-bond donors (Lipinski definition) is 1. The fourth-order valence-electron chi connectivity index (χ4n) is 2.53. The summed E-state index contributed by atoms with van der Waals surface area (Å²) < 4.78 is 0. The predicted octanol–water partition coefficient (Wildman–Crippen LogP) is 2.11. The van der Waals surface area contributed by atoms with E-state index in [-0.39, 0.29) is 6.04 Å². The van der Waals surface area contributed by atoms with Crippen molar-refractivity contribution in [3.05, 3.63) is 36.0 Å². The summed E-state index contributed by atoms with van der Waals surface area (Å²) in [6.45, 7) is 0.864. The Bertz CT molecular complexity index is 544. The Kier molecular flexibility index (Phi) is 2.07. The SMILES string of the molecule is CN1CCC(=O)C1c1c[nH]c2ccccc12. The standard InChI is InChI=1S/C13H14N2O/c1-15-7-6-12(16)13(15)10-8-14-11-5-3-2-4-9(10)11/h2-5,8,13-14H,6-7H2,1H3. The van der Waals surface area contributed by atoms with Gasteiger partial charge in [-0.15, -0.1) is 0 Å². The Morgan fingerprint density at radius 1 is 1.38 bits per heavy atom. The first-order chi connectivity index (χ1) is 7.77. The summed E-state index contributed by atoms with van der Waals surface area (Å²) in [6.07, 6.45) is 2.63. The molecule has 3 rings (SSSR count). The van der Waals surface area contributed by atoms with Gasteiger partial charge >= 0.3 is 0 Å². The molecule has 1 N–H and O–H groups in total. The Balaban J connectivity index is 2.15. The molecule has 3 nitrogen and oxygen atoms in total. The Hall–Kier alpha value is -1.61. The van der Waals surface area contributed by atoms with E-state index in [1.165, 1.54) is 0 Å². The van der Waals surface area contributed by atoms with E-state index in [2.05, 4.69) is 16.0 Å². The zero-order valence-corrected chi connectivity index (χ0v) is 9.23. The monoisotopic (exact) mass is 214 g/mol. The average Bonchev–Trinajstić information content (AvgIpc) is 2.83. The lowest BCUT2D eigenvalue weighted by Gasteiger charge is -2.17. The number of ketones is 1. The van der Waals surface area contributed by atoms with Crippen LogP contribution in [0.15, 0.2) is 30.5 Å². The van der Waals surface area contributed by atoms with Crippen LogP contribution in [0.3, 0.4) is 0 Å². The molecule has 0 spiro atoms. The van der Waals surface area contributed by atoms with Gasteiger partial charge in [-0.05, 0) is 13.1 Å². The smallest absolute Gasteiger partial charge is 0.155 e. The van der Waals surface area contributed by atoms with E-state index in [1.54, 1.807) is 0 Å². The van der Waals surface area contributed by atoms with Crippen LogP contribution in [0.4, 0.5) is 0 Å². The van der Waals surface area contributed by atoms with Gasteiger partial charge in [-0.1, -0.05) is 18.2 Å². The van der Waals surface area contributed by atoms with Gasteiger partial charge in [0.25, 0.3) is 0 Å². The van der Waals surface area contributed by atoms with Crippen molar-refractivity contribution in [1.82, 2.24) is 9.88 Å². The van der Waals surface area contributed by atoms with Crippen LogP contribution in [-0.4, -0.2) is 29.3 Å². The molecule has 2 heterocycles. The first-order valence-electron chi connectivity index (χ1n) is 5.56. The molecule has 1 aromatic carbocycles. The molecular formula is C13H14N2O. The van der Waals surface area contributed by atoms with Crippen molar-refractivity contribution >= 4 is 16.7 Å². The van der Waals surface area contributed by atoms with E-state index in [4.69, 9.17) is 0 Å². The summed E-state index contributed by atoms with van der Waals surface area (Å²) in [5, 5.41) is 1.16. The number of carbonyl (C=O) groups excluding carboxylic acids is 1. The van der Waals surface area contributed by atoms with Gasteiger partial charge in [-0.2, -0.15) is 0 Å². The molecule has 1 saturated heterocycles. The first-order valence-corrected chi connectivity index (χ1v) is 5.56. The molecule has 1 aliphatic heterocycles. The Morgan fingerprint density at radius 2 is 2.19 bits per heavy atom. The number of fused-ring (bicyclic) bond motifs is 1. The number of nitrogens with one attached hydrogen (secondary N) is 1. The molecule has 0 aliphatic carbocycles. The summed E-state index contributed by atoms with van der Waals surface area (Å²) >= 11 is 0. The van der Waals surface area contributed by atoms with Crippen molar-refractivity contribution in [2.75, 3.05) is 13.6 Å². The topological polar surface area (TPSA) is 36.1 Å². The zero-order valence-electron chi connectivity index (χ0n) is 9.23. The minimum absolute atomic E-state index is 0.0591. The fraction of sp³-hybridized carbons (Fsp3) is 0.308. The molecule has 2 aromatic rings. The molecule has 1 unspecified atom stereocenters. The first kappa shape index (κ1) is 9.60. The maximum absolute atomic E-state index is 11.9. The highest BCUT2D eigenvalue weighted by Crippen LogP contribution is 2.32. The molecule has 1 aromatic heterocycles. The van der Waals surface area contributed by atoms with E-state index in [0.29, 0.717) is 12.2 Å². The second kappa shape index (κ2) is 3.46.